The maximum absolute atomic E-state index is 5.70. The van der Waals surface area contributed by atoms with Crippen LogP contribution in [0.1, 0.15) is 0 Å². The van der Waals surface area contributed by atoms with Crippen LogP contribution in [0.2, 0.25) is 0 Å². The highest BCUT2D eigenvalue weighted by Crippen LogP contribution is 2.57. The molecule has 2 aliphatic heterocycles. The Kier molecular flexibility index (Phi) is 13.5. The first-order valence-corrected chi connectivity index (χ1v) is 15.0. The molecule has 0 radical (unpaired) electrons. The highest BCUT2D eigenvalue weighted by atomic mass is 32.2. The van der Waals surface area contributed by atoms with E-state index in [1.165, 1.54) is 18.3 Å². The van der Waals surface area contributed by atoms with E-state index >= 15 is 0 Å². The van der Waals surface area contributed by atoms with Crippen molar-refractivity contribution in [1.29, 1.82) is 0 Å². The average molecular weight is 519 g/mol. The first-order valence-electron chi connectivity index (χ1n) is 8.17. The van der Waals surface area contributed by atoms with E-state index in [0.717, 1.165) is 19.9 Å². The van der Waals surface area contributed by atoms with Crippen LogP contribution in [0.3, 0.4) is 0 Å². The van der Waals surface area contributed by atoms with Gasteiger partial charge in [0.05, 0.1) is 66.3 Å². The highest BCUT2D eigenvalue weighted by Gasteiger charge is 2.27. The molecule has 0 aromatic heterocycles. The van der Waals surface area contributed by atoms with Gasteiger partial charge in [0.15, 0.2) is 0 Å². The third-order valence-electron chi connectivity index (χ3n) is 3.17. The molecule has 3 nitrogen and oxygen atoms in total. The topological polar surface area (TPSA) is 27.7 Å². The Balaban J connectivity index is 2.13. The monoisotopic (exact) mass is 518 g/mol. The smallest absolute Gasteiger partial charge is 0.0863 e. The maximum atomic E-state index is 5.70. The molecule has 0 saturated carbocycles. The molecule has 27 heavy (non-hydrogen) atoms. The van der Waals surface area contributed by atoms with Gasteiger partial charge in [0.2, 0.25) is 0 Å². The molecule has 0 aromatic rings. The molecule has 152 valence electrons. The minimum atomic E-state index is 0.597. The zero-order valence-corrected chi connectivity index (χ0v) is 21.7. The minimum Gasteiger partial charge on any atom is -0.378 e. The van der Waals surface area contributed by atoms with Gasteiger partial charge >= 0.3 is 0 Å². The quantitative estimate of drug-likeness (QED) is 0.420. The second-order valence-electron chi connectivity index (χ2n) is 4.95. The molecule has 0 saturated heterocycles. The molecule has 0 aliphatic carbocycles. The van der Waals surface area contributed by atoms with Crippen molar-refractivity contribution >= 4 is 103 Å². The standard InChI is InChI=1S/C16H22O3S8/c1-22-13(20)11-16-26-12(15(23-2)27-16)14(21)25-10-8-19-6-4-17-3-5-18-7-9-24-11/h3-10H2,1-2H3. The van der Waals surface area contributed by atoms with Crippen molar-refractivity contribution in [2.45, 2.75) is 0 Å². The lowest BCUT2D eigenvalue weighted by Gasteiger charge is -2.12. The molecule has 0 amide bonds. The summed E-state index contributed by atoms with van der Waals surface area (Å²) in [6.07, 6.45) is 4.13. The molecule has 2 rings (SSSR count). The molecule has 0 fully saturated rings. The number of hydrogen-bond donors (Lipinski definition) is 0. The Morgan fingerprint density at radius 1 is 0.889 bits per heavy atom. The molecular weight excluding hydrogens is 497 g/mol. The largest absolute Gasteiger partial charge is 0.378 e. The number of thioether (sulfide) groups is 6. The molecule has 11 heteroatoms. The van der Waals surface area contributed by atoms with E-state index in [1.807, 2.05) is 6.26 Å². The van der Waals surface area contributed by atoms with Crippen molar-refractivity contribution in [3.05, 3.63) is 18.3 Å². The number of thiocarbonyl (C=S) groups is 2. The fraction of sp³-hybridized carbons (Fsp3) is 0.625. The van der Waals surface area contributed by atoms with Crippen LogP contribution in [0.4, 0.5) is 0 Å². The van der Waals surface area contributed by atoms with Gasteiger partial charge in [-0.25, -0.2) is 0 Å². The zero-order valence-electron chi connectivity index (χ0n) is 15.1. The van der Waals surface area contributed by atoms with Gasteiger partial charge in [-0.05, 0) is 12.5 Å². The lowest BCUT2D eigenvalue weighted by atomic mass is 10.7. The van der Waals surface area contributed by atoms with Crippen LogP contribution in [-0.4, -0.2) is 72.1 Å². The number of ether oxygens (including phenoxy) is 3. The summed E-state index contributed by atoms with van der Waals surface area (Å²) < 4.78 is 21.2. The van der Waals surface area contributed by atoms with E-state index in [4.69, 9.17) is 38.6 Å². The summed E-state index contributed by atoms with van der Waals surface area (Å²) in [4.78, 5) is 2.36. The summed E-state index contributed by atoms with van der Waals surface area (Å²) in [6, 6.07) is 0. The average Bonchev–Trinajstić information content (AvgIpc) is 3.11. The van der Waals surface area contributed by atoms with Gasteiger partial charge in [0.25, 0.3) is 0 Å². The second-order valence-corrected chi connectivity index (χ2v) is 12.7. The fourth-order valence-electron chi connectivity index (χ4n) is 1.94. The Labute approximate surface area is 198 Å². The molecule has 2 bridgehead atoms. The van der Waals surface area contributed by atoms with E-state index in [9.17, 15) is 0 Å². The Hall–Kier alpha value is 1.64. The van der Waals surface area contributed by atoms with Crippen LogP contribution in [0.5, 0.6) is 0 Å². The van der Waals surface area contributed by atoms with E-state index in [-0.39, 0.29) is 0 Å². The van der Waals surface area contributed by atoms with Crippen molar-refractivity contribution in [2.75, 3.05) is 63.7 Å². The number of fused-ring (bicyclic) bond motifs is 2. The summed E-state index contributed by atoms with van der Waals surface area (Å²) in [5.74, 6) is 1.72. The maximum Gasteiger partial charge on any atom is 0.0863 e. The van der Waals surface area contributed by atoms with Crippen LogP contribution in [-0.2, 0) is 14.2 Å². The van der Waals surface area contributed by atoms with E-state index in [2.05, 4.69) is 6.26 Å². The normalized spacial score (nSPS) is 21.9. The number of hydrogen-bond acceptors (Lipinski definition) is 11. The molecular formula is C16H22O3S8. The zero-order chi connectivity index (χ0) is 19.5. The lowest BCUT2D eigenvalue weighted by molar-refractivity contribution is 0.0205. The first kappa shape index (κ1) is 24.9. The van der Waals surface area contributed by atoms with E-state index < -0.39 is 0 Å². The summed E-state index contributed by atoms with van der Waals surface area (Å²) in [5.41, 5.74) is 0. The van der Waals surface area contributed by atoms with Crippen LogP contribution < -0.4 is 0 Å². The van der Waals surface area contributed by atoms with E-state index in [1.54, 1.807) is 70.6 Å². The predicted octanol–water partition coefficient (Wildman–Crippen LogP) is 5.72. The summed E-state index contributed by atoms with van der Waals surface area (Å²) in [7, 11) is 0. The van der Waals surface area contributed by atoms with Gasteiger partial charge in [-0.1, -0.05) is 48.0 Å². The van der Waals surface area contributed by atoms with E-state index in [0.29, 0.717) is 39.6 Å². The number of rotatable bonds is 2. The summed E-state index contributed by atoms with van der Waals surface area (Å²) in [5, 5.41) is 0. The third-order valence-corrected chi connectivity index (χ3v) is 11.6. The Bertz CT molecular complexity index is 590. The van der Waals surface area contributed by atoms with Crippen LogP contribution >= 0.6 is 95.0 Å². The highest BCUT2D eigenvalue weighted by molar-refractivity contribution is 8.38. The van der Waals surface area contributed by atoms with Crippen molar-refractivity contribution in [2.24, 2.45) is 0 Å². The Morgan fingerprint density at radius 3 is 2.07 bits per heavy atom. The second kappa shape index (κ2) is 14.6. The molecule has 0 unspecified atom stereocenters. The van der Waals surface area contributed by atoms with Gasteiger partial charge in [0.1, 0.15) is 0 Å². The summed E-state index contributed by atoms with van der Waals surface area (Å²) >= 11 is 21.7. The SMILES string of the molecule is CSC(=S)C1=C2SC(SC)=C(S2)C(=S)SCCOCCOCCOCCS1. The van der Waals surface area contributed by atoms with Gasteiger partial charge in [0, 0.05) is 11.5 Å². The molecule has 0 aromatic carbocycles. The fourth-order valence-corrected chi connectivity index (χ4v) is 9.51. The molecule has 2 heterocycles. The molecule has 2 aliphatic rings. The van der Waals surface area contributed by atoms with Gasteiger partial charge in [-0.3, -0.25) is 0 Å². The summed E-state index contributed by atoms with van der Waals surface area (Å²) in [6.45, 7) is 3.76. The minimum absolute atomic E-state index is 0.597. The van der Waals surface area contributed by atoms with Crippen molar-refractivity contribution in [3.63, 3.8) is 0 Å². The van der Waals surface area contributed by atoms with Crippen molar-refractivity contribution in [1.82, 2.24) is 0 Å². The van der Waals surface area contributed by atoms with Crippen LogP contribution in [0, 0.1) is 0 Å². The van der Waals surface area contributed by atoms with Gasteiger partial charge < -0.3 is 14.2 Å². The van der Waals surface area contributed by atoms with Crippen molar-refractivity contribution < 1.29 is 14.2 Å². The van der Waals surface area contributed by atoms with Crippen LogP contribution in [0.15, 0.2) is 18.3 Å². The third kappa shape index (κ3) is 8.72. The predicted molar refractivity (Wildman–Crippen MR) is 139 cm³/mol. The lowest BCUT2D eigenvalue weighted by Crippen LogP contribution is -2.11. The first-order chi connectivity index (χ1) is 13.2. The van der Waals surface area contributed by atoms with Crippen molar-refractivity contribution in [3.8, 4) is 0 Å². The molecule has 0 spiro atoms. The van der Waals surface area contributed by atoms with Gasteiger partial charge in [-0.2, -0.15) is 0 Å². The molecule has 0 N–H and O–H groups in total. The van der Waals surface area contributed by atoms with Gasteiger partial charge in [-0.15, -0.1) is 47.0 Å². The van der Waals surface area contributed by atoms with Crippen LogP contribution in [0.25, 0.3) is 0 Å². The molecule has 0 atom stereocenters. The Morgan fingerprint density at radius 2 is 1.48 bits per heavy atom.